The number of carbonyl (C=O) groups excluding carboxylic acids is 1. The Hall–Kier alpha value is -2.08. The van der Waals surface area contributed by atoms with Crippen molar-refractivity contribution in [3.8, 4) is 0 Å². The van der Waals surface area contributed by atoms with Gasteiger partial charge in [0.05, 0.1) is 12.6 Å². The SMILES string of the molecule is CCN(CC(=O)O)C1CC(NC(=O)NC2c3cc(C)ccc3CC2C)C1. The Morgan fingerprint density at radius 2 is 2.00 bits per heavy atom. The Morgan fingerprint density at radius 3 is 2.65 bits per heavy atom. The number of carboxylic acid groups (broad SMARTS) is 1. The fourth-order valence-corrected chi connectivity index (χ4v) is 4.23. The lowest BCUT2D eigenvalue weighted by molar-refractivity contribution is -0.139. The summed E-state index contributed by atoms with van der Waals surface area (Å²) in [5, 5.41) is 15.1. The lowest BCUT2D eigenvalue weighted by Crippen LogP contribution is -2.56. The molecule has 0 saturated heterocycles. The quantitative estimate of drug-likeness (QED) is 0.729. The van der Waals surface area contributed by atoms with Gasteiger partial charge in [-0.05, 0) is 49.8 Å². The Bertz CT molecular complexity index is 685. The summed E-state index contributed by atoms with van der Waals surface area (Å²) in [6, 6.07) is 6.76. The molecule has 2 aliphatic rings. The van der Waals surface area contributed by atoms with Crippen LogP contribution in [0.5, 0.6) is 0 Å². The van der Waals surface area contributed by atoms with Crippen LogP contribution < -0.4 is 10.6 Å². The zero-order valence-electron chi connectivity index (χ0n) is 15.8. The van der Waals surface area contributed by atoms with E-state index in [-0.39, 0.29) is 30.7 Å². The number of carbonyl (C=O) groups is 2. The highest BCUT2D eigenvalue weighted by Crippen LogP contribution is 2.36. The van der Waals surface area contributed by atoms with Crippen LogP contribution in [0.15, 0.2) is 18.2 Å². The van der Waals surface area contributed by atoms with E-state index < -0.39 is 5.97 Å². The number of aliphatic carboxylic acids is 1. The minimum atomic E-state index is -0.801. The van der Waals surface area contributed by atoms with Crippen LogP contribution in [-0.4, -0.2) is 47.2 Å². The van der Waals surface area contributed by atoms with Gasteiger partial charge >= 0.3 is 12.0 Å². The highest BCUT2D eigenvalue weighted by atomic mass is 16.4. The van der Waals surface area contributed by atoms with Crippen molar-refractivity contribution in [1.82, 2.24) is 15.5 Å². The maximum absolute atomic E-state index is 12.4. The molecule has 1 aromatic rings. The first-order chi connectivity index (χ1) is 12.4. The summed E-state index contributed by atoms with van der Waals surface area (Å²) in [7, 11) is 0. The van der Waals surface area contributed by atoms with E-state index in [4.69, 9.17) is 5.11 Å². The molecule has 2 unspecified atom stereocenters. The Morgan fingerprint density at radius 1 is 1.27 bits per heavy atom. The highest BCUT2D eigenvalue weighted by molar-refractivity contribution is 5.75. The van der Waals surface area contributed by atoms with Crippen molar-refractivity contribution < 1.29 is 14.7 Å². The molecule has 2 aliphatic carbocycles. The summed E-state index contributed by atoms with van der Waals surface area (Å²) in [6.45, 7) is 6.99. The van der Waals surface area contributed by atoms with Crippen LogP contribution in [0.1, 0.15) is 49.4 Å². The number of likely N-dealkylation sites (N-methyl/N-ethyl adjacent to an activating group) is 1. The van der Waals surface area contributed by atoms with E-state index in [1.165, 1.54) is 16.7 Å². The van der Waals surface area contributed by atoms with E-state index in [1.807, 2.05) is 11.8 Å². The van der Waals surface area contributed by atoms with Crippen molar-refractivity contribution in [2.45, 2.75) is 58.2 Å². The zero-order chi connectivity index (χ0) is 18.8. The van der Waals surface area contributed by atoms with Crippen molar-refractivity contribution in [3.63, 3.8) is 0 Å². The number of hydrogen-bond donors (Lipinski definition) is 3. The molecule has 0 aliphatic heterocycles. The molecule has 0 aromatic heterocycles. The van der Waals surface area contributed by atoms with Crippen molar-refractivity contribution >= 4 is 12.0 Å². The number of amides is 2. The van der Waals surface area contributed by atoms with Crippen LogP contribution in [0.25, 0.3) is 0 Å². The molecule has 1 aromatic carbocycles. The van der Waals surface area contributed by atoms with E-state index in [0.717, 1.165) is 19.3 Å². The van der Waals surface area contributed by atoms with Gasteiger partial charge in [-0.1, -0.05) is 37.6 Å². The number of aryl methyl sites for hydroxylation is 1. The largest absolute Gasteiger partial charge is 0.480 e. The van der Waals surface area contributed by atoms with E-state index in [1.54, 1.807) is 0 Å². The third-order valence-electron chi connectivity index (χ3n) is 5.74. The Balaban J connectivity index is 1.50. The molecule has 0 heterocycles. The third kappa shape index (κ3) is 4.01. The lowest BCUT2D eigenvalue weighted by atomic mass is 9.85. The van der Waals surface area contributed by atoms with E-state index in [0.29, 0.717) is 12.5 Å². The second-order valence-electron chi connectivity index (χ2n) is 7.76. The van der Waals surface area contributed by atoms with Crippen LogP contribution >= 0.6 is 0 Å². The second kappa shape index (κ2) is 7.66. The second-order valence-corrected chi connectivity index (χ2v) is 7.76. The monoisotopic (exact) mass is 359 g/mol. The molecule has 0 bridgehead atoms. The van der Waals surface area contributed by atoms with Crippen LogP contribution in [0.3, 0.4) is 0 Å². The molecule has 6 nitrogen and oxygen atoms in total. The van der Waals surface area contributed by atoms with Gasteiger partial charge in [-0.25, -0.2) is 4.79 Å². The molecule has 3 rings (SSSR count). The average Bonchev–Trinajstić information content (AvgIpc) is 2.84. The molecule has 26 heavy (non-hydrogen) atoms. The minimum Gasteiger partial charge on any atom is -0.480 e. The number of nitrogens with one attached hydrogen (secondary N) is 2. The molecule has 3 N–H and O–H groups in total. The van der Waals surface area contributed by atoms with Crippen molar-refractivity contribution in [1.29, 1.82) is 0 Å². The maximum Gasteiger partial charge on any atom is 0.317 e. The van der Waals surface area contributed by atoms with Crippen LogP contribution in [0.2, 0.25) is 0 Å². The summed E-state index contributed by atoms with van der Waals surface area (Å²) in [6.07, 6.45) is 2.61. The summed E-state index contributed by atoms with van der Waals surface area (Å²) in [5.41, 5.74) is 3.77. The fraction of sp³-hybridized carbons (Fsp3) is 0.600. The van der Waals surface area contributed by atoms with Crippen molar-refractivity contribution in [2.75, 3.05) is 13.1 Å². The minimum absolute atomic E-state index is 0.0555. The first-order valence-corrected chi connectivity index (χ1v) is 9.49. The Kier molecular flexibility index (Phi) is 5.51. The molecule has 2 amide bonds. The van der Waals surface area contributed by atoms with Crippen molar-refractivity contribution in [2.24, 2.45) is 5.92 Å². The standard InChI is InChI=1S/C20H29N3O3/c1-4-23(11-18(24)25)16-9-15(10-16)21-20(26)22-19-13(3)8-14-6-5-12(2)7-17(14)19/h5-7,13,15-16,19H,4,8-11H2,1-3H3,(H,24,25)(H2,21,22,26). The van der Waals surface area contributed by atoms with Crippen LogP contribution in [0.4, 0.5) is 4.79 Å². The van der Waals surface area contributed by atoms with Gasteiger partial charge in [0.15, 0.2) is 0 Å². The van der Waals surface area contributed by atoms with Gasteiger partial charge in [0.25, 0.3) is 0 Å². The van der Waals surface area contributed by atoms with E-state index in [2.05, 4.69) is 42.7 Å². The van der Waals surface area contributed by atoms with E-state index in [9.17, 15) is 9.59 Å². The molecular formula is C20H29N3O3. The predicted molar refractivity (Wildman–Crippen MR) is 100 cm³/mol. The number of urea groups is 1. The predicted octanol–water partition coefficient (Wildman–Crippen LogP) is 2.47. The number of benzene rings is 1. The molecule has 0 radical (unpaired) electrons. The normalized spacial score (nSPS) is 26.9. The summed E-state index contributed by atoms with van der Waals surface area (Å²) >= 11 is 0. The van der Waals surface area contributed by atoms with E-state index >= 15 is 0 Å². The maximum atomic E-state index is 12.4. The van der Waals surface area contributed by atoms with Gasteiger partial charge < -0.3 is 15.7 Å². The van der Waals surface area contributed by atoms with Gasteiger partial charge in [0, 0.05) is 12.1 Å². The topological polar surface area (TPSA) is 81.7 Å². The molecule has 142 valence electrons. The first kappa shape index (κ1) is 18.7. The third-order valence-corrected chi connectivity index (χ3v) is 5.74. The van der Waals surface area contributed by atoms with Gasteiger partial charge in [0.1, 0.15) is 0 Å². The van der Waals surface area contributed by atoms with Gasteiger partial charge in [0.2, 0.25) is 0 Å². The number of hydrogen-bond acceptors (Lipinski definition) is 3. The number of rotatable bonds is 6. The molecule has 1 saturated carbocycles. The van der Waals surface area contributed by atoms with Crippen molar-refractivity contribution in [3.05, 3.63) is 34.9 Å². The smallest absolute Gasteiger partial charge is 0.317 e. The highest BCUT2D eigenvalue weighted by Gasteiger charge is 2.36. The summed E-state index contributed by atoms with van der Waals surface area (Å²) < 4.78 is 0. The molecule has 2 atom stereocenters. The zero-order valence-corrected chi connectivity index (χ0v) is 15.8. The van der Waals surface area contributed by atoms with Gasteiger partial charge in [-0.3, -0.25) is 9.69 Å². The molecule has 1 fully saturated rings. The molecular weight excluding hydrogens is 330 g/mol. The molecule has 0 spiro atoms. The van der Waals surface area contributed by atoms with Gasteiger partial charge in [-0.2, -0.15) is 0 Å². The first-order valence-electron chi connectivity index (χ1n) is 9.49. The average molecular weight is 359 g/mol. The van der Waals surface area contributed by atoms with Gasteiger partial charge in [-0.15, -0.1) is 0 Å². The summed E-state index contributed by atoms with van der Waals surface area (Å²) in [4.78, 5) is 25.3. The van der Waals surface area contributed by atoms with Crippen LogP contribution in [-0.2, 0) is 11.2 Å². The lowest BCUT2D eigenvalue weighted by Gasteiger charge is -2.42. The summed E-state index contributed by atoms with van der Waals surface area (Å²) in [5.74, 6) is -0.414. The number of fused-ring (bicyclic) bond motifs is 1. The number of nitrogens with zero attached hydrogens (tertiary/aromatic N) is 1. The number of carboxylic acids is 1. The van der Waals surface area contributed by atoms with Crippen LogP contribution in [0, 0.1) is 12.8 Å². The molecule has 6 heteroatoms. The Labute approximate surface area is 155 Å². The fourth-order valence-electron chi connectivity index (χ4n) is 4.23.